The van der Waals surface area contributed by atoms with Crippen molar-refractivity contribution >= 4 is 19.8 Å². The van der Waals surface area contributed by atoms with Crippen LogP contribution in [0.25, 0.3) is 0 Å². The predicted octanol–water partition coefficient (Wildman–Crippen LogP) is -4.52. The van der Waals surface area contributed by atoms with Crippen molar-refractivity contribution in [2.45, 2.75) is 71.3 Å². The molecule has 0 bridgehead atoms. The molecule has 0 aliphatic rings. The molecule has 38 heavy (non-hydrogen) atoms. The minimum absolute atomic E-state index is 0. The molecule has 0 N–H and O–H groups in total. The first-order valence-electron chi connectivity index (χ1n) is 11.2. The van der Waals surface area contributed by atoms with E-state index in [1.165, 1.54) is 6.42 Å². The Kier molecular flexibility index (Phi) is 30.6. The molecular weight excluding hydrogens is 529 g/mol. The van der Waals surface area contributed by atoms with E-state index in [1.54, 1.807) is 6.92 Å². The summed E-state index contributed by atoms with van der Waals surface area (Å²) in [6.07, 6.45) is 5.83. The zero-order valence-electron chi connectivity index (χ0n) is 22.4. The van der Waals surface area contributed by atoms with Crippen LogP contribution in [0, 0.1) is 71.0 Å². The van der Waals surface area contributed by atoms with Gasteiger partial charge in [-0.15, -0.1) is 0 Å². The van der Waals surface area contributed by atoms with E-state index in [4.69, 9.17) is 9.47 Å². The number of phosphoric ester groups is 1. The third-order valence-corrected chi connectivity index (χ3v) is 4.42. The monoisotopic (exact) mass is 556 g/mol. The minimum atomic E-state index is -5.30. The molecule has 0 saturated heterocycles. The molecule has 0 saturated carbocycles. The molecule has 0 heterocycles. The van der Waals surface area contributed by atoms with Gasteiger partial charge in [0.2, 0.25) is 0 Å². The van der Waals surface area contributed by atoms with Crippen LogP contribution in [0.4, 0.5) is 0 Å². The zero-order chi connectivity index (χ0) is 26.9. The zero-order valence-corrected chi connectivity index (χ0v) is 27.3. The first-order chi connectivity index (χ1) is 17.3. The maximum Gasteiger partial charge on any atom is 1.00 e. The van der Waals surface area contributed by atoms with Crippen LogP contribution in [-0.4, -0.2) is 31.3 Å². The Morgan fingerprint density at radius 1 is 0.763 bits per heavy atom. The third kappa shape index (κ3) is 30.6. The van der Waals surface area contributed by atoms with Gasteiger partial charge in [0.25, 0.3) is 0 Å². The first kappa shape index (κ1) is 40.9. The largest absolute Gasteiger partial charge is 1.00 e. The quantitative estimate of drug-likeness (QED) is 0.0524. The van der Waals surface area contributed by atoms with E-state index in [-0.39, 0.29) is 65.5 Å². The Morgan fingerprint density at radius 2 is 1.26 bits per heavy atom. The van der Waals surface area contributed by atoms with Gasteiger partial charge in [-0.1, -0.05) is 51.4 Å². The van der Waals surface area contributed by atoms with Crippen molar-refractivity contribution < 1.29 is 97.1 Å². The molecular formula is C27H27Na2O8P. The van der Waals surface area contributed by atoms with E-state index in [0.29, 0.717) is 6.42 Å². The summed E-state index contributed by atoms with van der Waals surface area (Å²) >= 11 is 0. The number of esters is 2. The third-order valence-electron chi connectivity index (χ3n) is 3.95. The molecule has 0 aliphatic carbocycles. The van der Waals surface area contributed by atoms with Gasteiger partial charge in [0.05, 0.1) is 14.4 Å². The molecule has 0 rings (SSSR count). The average molecular weight is 556 g/mol. The second-order valence-electron chi connectivity index (χ2n) is 6.95. The van der Waals surface area contributed by atoms with Crippen LogP contribution >= 0.6 is 7.82 Å². The summed E-state index contributed by atoms with van der Waals surface area (Å²) in [5.74, 6) is 27.0. The fraction of sp³-hybridized carbons (Fsp3) is 0.481. The SMILES string of the molecule is CC#CC#CC#CC#CC#CC#CC(=O)OC[C@@H](COP(=O)([O-])[O-])OC(=O)CCCCCCCCC.[Na+].[Na+]. The van der Waals surface area contributed by atoms with Crippen LogP contribution in [0.1, 0.15) is 65.2 Å². The molecule has 1 atom stereocenters. The molecule has 0 aromatic rings. The summed E-state index contributed by atoms with van der Waals surface area (Å²) < 4.78 is 24.8. The van der Waals surface area contributed by atoms with Gasteiger partial charge in [-0.05, 0) is 72.5 Å². The normalized spacial score (nSPS) is 9.26. The van der Waals surface area contributed by atoms with Crippen molar-refractivity contribution in [2.24, 2.45) is 0 Å². The summed E-state index contributed by atoms with van der Waals surface area (Å²) in [6.45, 7) is 2.45. The topological polar surface area (TPSA) is 125 Å². The molecule has 8 nitrogen and oxygen atoms in total. The van der Waals surface area contributed by atoms with Crippen molar-refractivity contribution in [2.75, 3.05) is 13.2 Å². The standard InChI is InChI=1S/C27H29O8P.2Na/c1-3-5-7-9-11-12-13-14-16-17-19-21-26(28)33-23-25(24-34-36(30,31)32)35-27(29)22-20-18-15-10-8-6-4-2;;/h25H,4,6,8,10,15,18,20,22-24H2,1-2H3,(H2,30,31,32);;/q;2*+1/p-2/t25-;;/m0../s1. The van der Waals surface area contributed by atoms with Crippen molar-refractivity contribution in [3.63, 3.8) is 0 Å². The molecule has 0 radical (unpaired) electrons. The van der Waals surface area contributed by atoms with Gasteiger partial charge in [-0.2, -0.15) is 0 Å². The van der Waals surface area contributed by atoms with E-state index < -0.39 is 39.1 Å². The summed E-state index contributed by atoms with van der Waals surface area (Å²) in [5, 5.41) is 0. The smallest absolute Gasteiger partial charge is 0.790 e. The van der Waals surface area contributed by atoms with E-state index in [9.17, 15) is 23.9 Å². The van der Waals surface area contributed by atoms with E-state index in [1.807, 2.05) is 0 Å². The van der Waals surface area contributed by atoms with Crippen molar-refractivity contribution in [3.8, 4) is 71.0 Å². The van der Waals surface area contributed by atoms with Crippen molar-refractivity contribution in [3.05, 3.63) is 0 Å². The van der Waals surface area contributed by atoms with Crippen molar-refractivity contribution in [1.82, 2.24) is 0 Å². The van der Waals surface area contributed by atoms with E-state index >= 15 is 0 Å². The molecule has 0 aromatic carbocycles. The molecule has 0 amide bonds. The number of phosphoric acid groups is 1. The summed E-state index contributed by atoms with van der Waals surface area (Å²) in [4.78, 5) is 45.2. The van der Waals surface area contributed by atoms with Gasteiger partial charge in [0.15, 0.2) is 6.10 Å². The maximum atomic E-state index is 12.0. The second-order valence-corrected chi connectivity index (χ2v) is 8.10. The maximum absolute atomic E-state index is 12.0. The molecule has 0 aliphatic heterocycles. The van der Waals surface area contributed by atoms with E-state index in [0.717, 1.165) is 32.1 Å². The number of ether oxygens (including phenoxy) is 2. The molecule has 0 fully saturated rings. The number of hydrogen-bond acceptors (Lipinski definition) is 8. The van der Waals surface area contributed by atoms with Gasteiger partial charge >= 0.3 is 71.1 Å². The van der Waals surface area contributed by atoms with Crippen molar-refractivity contribution in [1.29, 1.82) is 0 Å². The predicted molar refractivity (Wildman–Crippen MR) is 129 cm³/mol. The van der Waals surface area contributed by atoms with Crippen LogP contribution in [0.5, 0.6) is 0 Å². The molecule has 0 aromatic heterocycles. The summed E-state index contributed by atoms with van der Waals surface area (Å²) in [6, 6.07) is 0. The minimum Gasteiger partial charge on any atom is -0.790 e. The molecule has 11 heteroatoms. The first-order valence-corrected chi connectivity index (χ1v) is 12.7. The molecule has 0 unspecified atom stereocenters. The number of carbonyl (C=O) groups is 2. The van der Waals surface area contributed by atoms with Gasteiger partial charge in [-0.25, -0.2) is 4.79 Å². The van der Waals surface area contributed by atoms with E-state index in [2.05, 4.69) is 82.5 Å². The Labute approximate surface area is 270 Å². The Bertz CT molecular complexity index is 1140. The Morgan fingerprint density at radius 3 is 1.79 bits per heavy atom. The number of unbranched alkanes of at least 4 members (excludes halogenated alkanes) is 6. The molecule has 190 valence electrons. The summed E-state index contributed by atoms with van der Waals surface area (Å²) in [7, 11) is -5.30. The summed E-state index contributed by atoms with van der Waals surface area (Å²) in [5.41, 5.74) is 0. The Balaban J connectivity index is -0.00000612. The second kappa shape index (κ2) is 28.4. The van der Waals surface area contributed by atoms with Gasteiger partial charge in [0, 0.05) is 12.3 Å². The van der Waals surface area contributed by atoms with Crippen LogP contribution in [-0.2, 0) is 28.2 Å². The fourth-order valence-electron chi connectivity index (χ4n) is 2.36. The van der Waals surface area contributed by atoms with Crippen LogP contribution in [0.3, 0.4) is 0 Å². The fourth-order valence-corrected chi connectivity index (χ4v) is 2.71. The number of carbonyl (C=O) groups excluding carboxylic acids is 2. The van der Waals surface area contributed by atoms with Crippen LogP contribution < -0.4 is 68.9 Å². The number of rotatable bonds is 14. The Hall–Kier alpha value is -1.59. The van der Waals surface area contributed by atoms with Crippen LogP contribution in [0.15, 0.2) is 0 Å². The number of hydrogen-bond donors (Lipinski definition) is 0. The van der Waals surface area contributed by atoms with Gasteiger partial charge in [-0.3, -0.25) is 4.79 Å². The molecule has 0 spiro atoms. The van der Waals surface area contributed by atoms with Gasteiger partial charge in [0.1, 0.15) is 6.61 Å². The van der Waals surface area contributed by atoms with Gasteiger partial charge < -0.3 is 28.3 Å². The van der Waals surface area contributed by atoms with Crippen LogP contribution in [0.2, 0.25) is 0 Å². The average Bonchev–Trinajstić information content (AvgIpc) is 2.83.